The second-order valence-corrected chi connectivity index (χ2v) is 10.5. The fourth-order valence-corrected chi connectivity index (χ4v) is 4.93. The zero-order valence-electron chi connectivity index (χ0n) is 22.5. The predicted octanol–water partition coefficient (Wildman–Crippen LogP) is 6.03. The van der Waals surface area contributed by atoms with Crippen LogP contribution in [0.15, 0.2) is 73.1 Å². The van der Waals surface area contributed by atoms with Gasteiger partial charge in [0.1, 0.15) is 34.3 Å². The Morgan fingerprint density at radius 1 is 1.00 bits per heavy atom. The van der Waals surface area contributed by atoms with Gasteiger partial charge in [-0.2, -0.15) is 0 Å². The van der Waals surface area contributed by atoms with Gasteiger partial charge in [0.05, 0.1) is 18.8 Å². The molecule has 0 radical (unpaired) electrons. The number of ether oxygens (including phenoxy) is 2. The van der Waals surface area contributed by atoms with E-state index < -0.39 is 23.0 Å². The molecular weight excluding hydrogens is 525 g/mol. The van der Waals surface area contributed by atoms with Crippen molar-refractivity contribution in [2.75, 3.05) is 24.3 Å². The molecule has 4 aromatic rings. The summed E-state index contributed by atoms with van der Waals surface area (Å²) >= 11 is 0. The average molecular weight is 562 g/mol. The Morgan fingerprint density at radius 3 is 2.39 bits per heavy atom. The van der Waals surface area contributed by atoms with Crippen molar-refractivity contribution in [3.63, 3.8) is 0 Å². The summed E-state index contributed by atoms with van der Waals surface area (Å²) < 4.78 is 24.3. The summed E-state index contributed by atoms with van der Waals surface area (Å²) in [6.45, 7) is 1.29. The van der Waals surface area contributed by atoms with E-state index in [4.69, 9.17) is 9.47 Å². The van der Waals surface area contributed by atoms with Gasteiger partial charge in [-0.3, -0.25) is 14.6 Å². The molecule has 2 amide bonds. The van der Waals surface area contributed by atoms with Crippen molar-refractivity contribution >= 4 is 34.2 Å². The maximum atomic E-state index is 13.1. The van der Waals surface area contributed by atoms with Crippen LogP contribution in [0.4, 0.5) is 15.9 Å². The summed E-state index contributed by atoms with van der Waals surface area (Å²) in [5.41, 5.74) is -0.00747. The maximum absolute atomic E-state index is 13.1. The molecule has 2 atom stereocenters. The number of methoxy groups -OCH3 is 1. The number of amides is 2. The van der Waals surface area contributed by atoms with Crippen molar-refractivity contribution in [2.45, 2.75) is 31.7 Å². The second-order valence-electron chi connectivity index (χ2n) is 10.5. The largest absolute Gasteiger partial charge is 0.497 e. The Balaban J connectivity index is 0.000000520. The van der Waals surface area contributed by atoms with Crippen LogP contribution >= 0.6 is 0 Å². The van der Waals surface area contributed by atoms with Crippen LogP contribution in [0, 0.1) is 17.2 Å². The van der Waals surface area contributed by atoms with E-state index in [2.05, 4.69) is 25.9 Å². The third-order valence-electron chi connectivity index (χ3n) is 7.68. The molecule has 3 aliphatic rings. The first kappa shape index (κ1) is 26.6. The molecular formula is C31H36FN5O4. The molecule has 3 heterocycles. The van der Waals surface area contributed by atoms with E-state index in [1.54, 1.807) is 31.5 Å². The van der Waals surface area contributed by atoms with Gasteiger partial charge in [0.2, 0.25) is 11.8 Å². The van der Waals surface area contributed by atoms with E-state index in [1.165, 1.54) is 49.8 Å². The number of anilines is 2. The number of piperidine rings is 1. The first-order valence-corrected chi connectivity index (χ1v) is 13.6. The normalized spacial score (nSPS) is 19.3. The molecule has 3 fully saturated rings. The number of pyridine rings is 2. The number of hydrogen-bond donors (Lipinski definition) is 3. The van der Waals surface area contributed by atoms with Crippen LogP contribution in [-0.4, -0.2) is 41.5 Å². The topological polar surface area (TPSA) is 114 Å². The number of halogens is 1. The molecule has 9 nitrogen and oxygen atoms in total. The Bertz CT molecular complexity index is 1580. The van der Waals surface area contributed by atoms with Crippen molar-refractivity contribution in [1.29, 1.82) is 0 Å². The second kappa shape index (κ2) is 11.1. The van der Waals surface area contributed by atoms with Gasteiger partial charge < -0.3 is 25.4 Å². The molecule has 2 aliphatic carbocycles. The maximum Gasteiger partial charge on any atom is 0.241 e. The molecule has 2 saturated carbocycles. The number of aromatic nitrogens is 2. The highest BCUT2D eigenvalue weighted by atomic mass is 19.1. The first-order chi connectivity index (χ1) is 19.9. The first-order valence-electron chi connectivity index (χ1n) is 13.6. The number of rotatable bonds is 7. The summed E-state index contributed by atoms with van der Waals surface area (Å²) in [4.78, 5) is 34.1. The van der Waals surface area contributed by atoms with Crippen LogP contribution in [0.1, 0.15) is 30.0 Å². The number of carbonyl (C=O) groups excluding carboxylic acids is 2. The molecule has 0 bridgehead atoms. The Morgan fingerprint density at radius 2 is 1.78 bits per heavy atom. The standard InChI is InChI=1S/C26H21FN4O4.C5H9N.3H2/c1-34-18-6-8-20-21(14-18)28-13-10-22(20)35-19-7-9-23(29-15-19)31-25(33)26(11-12-26)24(32)30-17-4-2-16(27)3-5-17;1-2-6-5-3-4(1)5;;;/h2-10,13-15H,11-12H2,1H3,(H,30,32)(H,29,31,33);4-6H,1-3H2;3*1H. The summed E-state index contributed by atoms with van der Waals surface area (Å²) in [6, 6.07) is 16.9. The lowest BCUT2D eigenvalue weighted by atomic mass is 10.0. The lowest BCUT2D eigenvalue weighted by Crippen LogP contribution is -2.35. The smallest absolute Gasteiger partial charge is 0.241 e. The van der Waals surface area contributed by atoms with Crippen molar-refractivity contribution in [2.24, 2.45) is 11.3 Å². The third-order valence-corrected chi connectivity index (χ3v) is 7.68. The van der Waals surface area contributed by atoms with E-state index >= 15 is 0 Å². The van der Waals surface area contributed by atoms with E-state index in [0.29, 0.717) is 41.6 Å². The summed E-state index contributed by atoms with van der Waals surface area (Å²) in [6.07, 6.45) is 6.90. The molecule has 7 rings (SSSR count). The SMILES string of the molecule is C1CC2CC2N1.COc1ccc2c(Oc3ccc(NC(=O)C4(C(=O)Nc5ccc(F)cc5)CC4)nc3)ccnc2c1.[HH].[HH].[HH]. The van der Waals surface area contributed by atoms with Gasteiger partial charge in [0.25, 0.3) is 0 Å². The lowest BCUT2D eigenvalue weighted by molar-refractivity contribution is -0.131. The zero-order chi connectivity index (χ0) is 28.4. The number of nitrogens with zero attached hydrogens (tertiary/aromatic N) is 2. The quantitative estimate of drug-likeness (QED) is 0.236. The van der Waals surface area contributed by atoms with Crippen LogP contribution in [0.5, 0.6) is 17.2 Å². The van der Waals surface area contributed by atoms with Gasteiger partial charge in [-0.15, -0.1) is 0 Å². The summed E-state index contributed by atoms with van der Waals surface area (Å²) in [7, 11) is 1.59. The molecule has 41 heavy (non-hydrogen) atoms. The van der Waals surface area contributed by atoms with Crippen molar-refractivity contribution in [1.82, 2.24) is 15.3 Å². The summed E-state index contributed by atoms with van der Waals surface area (Å²) in [5, 5.41) is 9.59. The van der Waals surface area contributed by atoms with Crippen LogP contribution in [-0.2, 0) is 9.59 Å². The minimum Gasteiger partial charge on any atom is -0.497 e. The number of benzene rings is 2. The highest BCUT2D eigenvalue weighted by molar-refractivity contribution is 6.16. The predicted molar refractivity (Wildman–Crippen MR) is 159 cm³/mol. The zero-order valence-corrected chi connectivity index (χ0v) is 22.5. The average Bonchev–Trinajstić information content (AvgIpc) is 3.92. The van der Waals surface area contributed by atoms with Gasteiger partial charge in [0, 0.05) is 33.7 Å². The molecule has 3 N–H and O–H groups in total. The molecule has 216 valence electrons. The molecule has 0 spiro atoms. The fraction of sp³-hybridized carbons (Fsp3) is 0.290. The molecule has 2 aromatic heterocycles. The molecule has 10 heteroatoms. The Kier molecular flexibility index (Phi) is 7.23. The molecule has 2 unspecified atom stereocenters. The highest BCUT2D eigenvalue weighted by Crippen LogP contribution is 2.47. The molecule has 1 saturated heterocycles. The molecule has 1 aliphatic heterocycles. The van der Waals surface area contributed by atoms with Crippen LogP contribution in [0.25, 0.3) is 10.9 Å². The monoisotopic (exact) mass is 561 g/mol. The van der Waals surface area contributed by atoms with Gasteiger partial charge in [0.15, 0.2) is 0 Å². The minimum absolute atomic E-state index is 0. The van der Waals surface area contributed by atoms with Gasteiger partial charge in [-0.05, 0) is 92.7 Å². The third kappa shape index (κ3) is 5.97. The van der Waals surface area contributed by atoms with E-state index in [9.17, 15) is 14.0 Å². The number of nitrogens with one attached hydrogen (secondary N) is 3. The fourth-order valence-electron chi connectivity index (χ4n) is 4.93. The van der Waals surface area contributed by atoms with Crippen molar-refractivity contribution in [3.05, 3.63) is 78.9 Å². The van der Waals surface area contributed by atoms with Gasteiger partial charge in [-0.25, -0.2) is 9.37 Å². The van der Waals surface area contributed by atoms with E-state index in [-0.39, 0.29) is 4.28 Å². The van der Waals surface area contributed by atoms with Crippen LogP contribution in [0.2, 0.25) is 0 Å². The van der Waals surface area contributed by atoms with Crippen LogP contribution < -0.4 is 25.4 Å². The van der Waals surface area contributed by atoms with Crippen LogP contribution in [0.3, 0.4) is 0 Å². The Hall–Kier alpha value is -4.57. The Labute approximate surface area is 240 Å². The highest BCUT2D eigenvalue weighted by Gasteiger charge is 2.56. The van der Waals surface area contributed by atoms with Crippen molar-refractivity contribution < 1.29 is 27.7 Å². The lowest BCUT2D eigenvalue weighted by Gasteiger charge is -2.15. The van der Waals surface area contributed by atoms with Gasteiger partial charge in [-0.1, -0.05) is 0 Å². The summed E-state index contributed by atoms with van der Waals surface area (Å²) in [5.74, 6) is 1.90. The number of fused-ring (bicyclic) bond motifs is 2. The van der Waals surface area contributed by atoms with Gasteiger partial charge >= 0.3 is 0 Å². The molecule has 2 aromatic carbocycles. The van der Waals surface area contributed by atoms with Crippen molar-refractivity contribution in [3.8, 4) is 17.2 Å². The van der Waals surface area contributed by atoms with E-state index in [1.807, 2.05) is 18.2 Å². The van der Waals surface area contributed by atoms with E-state index in [0.717, 1.165) is 22.9 Å². The number of carbonyl (C=O) groups is 2. The number of hydrogen-bond acceptors (Lipinski definition) is 7. The minimum atomic E-state index is -1.16.